The van der Waals surface area contributed by atoms with Crippen molar-refractivity contribution in [2.45, 2.75) is 46.0 Å². The summed E-state index contributed by atoms with van der Waals surface area (Å²) in [7, 11) is 0. The molecule has 6 heterocycles. The molecule has 13 nitrogen and oxygen atoms in total. The van der Waals surface area contributed by atoms with E-state index >= 15 is 0 Å². The minimum absolute atomic E-state index is 0.00266. The van der Waals surface area contributed by atoms with Gasteiger partial charge in [0.05, 0.1) is 33.9 Å². The number of benzene rings is 2. The number of aromatic nitrogens is 9. The molecule has 0 unspecified atom stereocenters. The maximum atomic E-state index is 14.2. The van der Waals surface area contributed by atoms with Crippen LogP contribution in [0.4, 0.5) is 37.8 Å². The zero-order valence-electron chi connectivity index (χ0n) is 32.3. The van der Waals surface area contributed by atoms with Crippen LogP contribution < -0.4 is 10.6 Å². The van der Waals surface area contributed by atoms with Crippen LogP contribution in [0.15, 0.2) is 97.6 Å². The van der Waals surface area contributed by atoms with E-state index in [1.807, 2.05) is 0 Å². The first-order chi connectivity index (χ1) is 29.1. The molecule has 0 radical (unpaired) electrons. The van der Waals surface area contributed by atoms with Gasteiger partial charge >= 0.3 is 12.4 Å². The zero-order chi connectivity index (χ0) is 43.2. The van der Waals surface area contributed by atoms with Crippen molar-refractivity contribution in [1.29, 1.82) is 0 Å². The second-order valence-electron chi connectivity index (χ2n) is 14.0. The number of nitrogens with zero attached hydrogens (tertiary/aromatic N) is 9. The van der Waals surface area contributed by atoms with E-state index in [9.17, 15) is 35.9 Å². The number of hydrogen-bond acceptors (Lipinski definition) is 9. The SMILES string of the molecule is Cc1nc2c(C)cc(-c3ccccc3C(F)(F)F)nn2c1C(=O)Nc1ccnc(CCc2cc(-c3ccccc3C(F)(F)F)nn3c(C(=O)Nc4ccncn4)c(C)nc23)c1. The van der Waals surface area contributed by atoms with Crippen LogP contribution in [-0.4, -0.2) is 56.0 Å². The van der Waals surface area contributed by atoms with E-state index in [2.05, 4.69) is 45.8 Å². The van der Waals surface area contributed by atoms with Gasteiger partial charge < -0.3 is 10.6 Å². The van der Waals surface area contributed by atoms with Gasteiger partial charge in [0.25, 0.3) is 11.8 Å². The summed E-state index contributed by atoms with van der Waals surface area (Å²) >= 11 is 0. The molecule has 8 aromatic rings. The van der Waals surface area contributed by atoms with Crippen LogP contribution in [0, 0.1) is 20.8 Å². The van der Waals surface area contributed by atoms with Gasteiger partial charge in [0.1, 0.15) is 12.1 Å². The maximum absolute atomic E-state index is 14.2. The molecule has 0 fully saturated rings. The van der Waals surface area contributed by atoms with Gasteiger partial charge in [-0.3, -0.25) is 14.6 Å². The third kappa shape index (κ3) is 7.96. The Bertz CT molecular complexity index is 3000. The molecule has 2 N–H and O–H groups in total. The Kier molecular flexibility index (Phi) is 10.3. The molecule has 308 valence electrons. The second kappa shape index (κ2) is 15.6. The minimum atomic E-state index is -4.71. The molecule has 0 atom stereocenters. The lowest BCUT2D eigenvalue weighted by atomic mass is 10.0. The highest BCUT2D eigenvalue weighted by atomic mass is 19.4. The van der Waals surface area contributed by atoms with E-state index in [4.69, 9.17) is 0 Å². The summed E-state index contributed by atoms with van der Waals surface area (Å²) in [5.74, 6) is -1.10. The molecule has 61 heavy (non-hydrogen) atoms. The highest BCUT2D eigenvalue weighted by Crippen LogP contribution is 2.38. The van der Waals surface area contributed by atoms with Crippen molar-refractivity contribution in [3.05, 3.63) is 148 Å². The molecule has 8 rings (SSSR count). The van der Waals surface area contributed by atoms with E-state index in [0.29, 0.717) is 22.5 Å². The Morgan fingerprint density at radius 3 is 1.82 bits per heavy atom. The fraction of sp³-hybridized carbons (Fsp3) is 0.167. The fourth-order valence-electron chi connectivity index (χ4n) is 7.03. The Morgan fingerprint density at radius 1 is 0.639 bits per heavy atom. The van der Waals surface area contributed by atoms with Crippen LogP contribution >= 0.6 is 0 Å². The summed E-state index contributed by atoms with van der Waals surface area (Å²) in [4.78, 5) is 48.8. The molecule has 0 aliphatic rings. The first kappa shape index (κ1) is 40.2. The molecular formula is C42H31F6N11O2. The van der Waals surface area contributed by atoms with Gasteiger partial charge in [-0.2, -0.15) is 36.5 Å². The Balaban J connectivity index is 1.11. The summed E-state index contributed by atoms with van der Waals surface area (Å²) < 4.78 is 87.0. The smallest absolute Gasteiger partial charge is 0.320 e. The quantitative estimate of drug-likeness (QED) is 0.136. The molecule has 0 spiro atoms. The average Bonchev–Trinajstić information content (AvgIpc) is 3.75. The van der Waals surface area contributed by atoms with Gasteiger partial charge in [0, 0.05) is 34.9 Å². The van der Waals surface area contributed by atoms with E-state index in [1.54, 1.807) is 32.9 Å². The van der Waals surface area contributed by atoms with E-state index in [1.165, 1.54) is 82.3 Å². The number of hydrogen-bond donors (Lipinski definition) is 2. The van der Waals surface area contributed by atoms with Gasteiger partial charge in [-0.25, -0.2) is 29.0 Å². The summed E-state index contributed by atoms with van der Waals surface area (Å²) in [6.07, 6.45) is -4.85. The molecule has 0 aliphatic heterocycles. The lowest BCUT2D eigenvalue weighted by Gasteiger charge is -2.14. The number of fused-ring (bicyclic) bond motifs is 2. The lowest BCUT2D eigenvalue weighted by molar-refractivity contribution is -0.137. The Hall–Kier alpha value is -7.57. The van der Waals surface area contributed by atoms with Crippen LogP contribution in [0.25, 0.3) is 33.8 Å². The minimum Gasteiger partial charge on any atom is -0.320 e. The number of nitrogens with one attached hydrogen (secondary N) is 2. The summed E-state index contributed by atoms with van der Waals surface area (Å²) in [6, 6.07) is 17.6. The van der Waals surface area contributed by atoms with Crippen LogP contribution in [0.1, 0.15) is 60.3 Å². The number of rotatable bonds is 9. The van der Waals surface area contributed by atoms with Crippen molar-refractivity contribution in [2.24, 2.45) is 0 Å². The number of halogens is 6. The number of aryl methyl sites for hydroxylation is 5. The Labute approximate surface area is 341 Å². The van der Waals surface area contributed by atoms with Gasteiger partial charge in [-0.05, 0) is 87.2 Å². The largest absolute Gasteiger partial charge is 0.417 e. The topological polar surface area (TPSA) is 157 Å². The third-order valence-corrected chi connectivity index (χ3v) is 9.77. The van der Waals surface area contributed by atoms with Crippen molar-refractivity contribution < 1.29 is 35.9 Å². The molecule has 6 aromatic heterocycles. The van der Waals surface area contributed by atoms with E-state index < -0.39 is 35.3 Å². The number of imidazole rings is 2. The summed E-state index contributed by atoms with van der Waals surface area (Å²) in [5.41, 5.74) is 0.554. The van der Waals surface area contributed by atoms with Crippen molar-refractivity contribution in [3.63, 3.8) is 0 Å². The first-order valence-corrected chi connectivity index (χ1v) is 18.5. The van der Waals surface area contributed by atoms with Crippen molar-refractivity contribution >= 4 is 34.6 Å². The molecule has 2 amide bonds. The molecule has 19 heteroatoms. The number of pyridine rings is 1. The molecule has 0 saturated heterocycles. The highest BCUT2D eigenvalue weighted by Gasteiger charge is 2.35. The van der Waals surface area contributed by atoms with Crippen molar-refractivity contribution in [2.75, 3.05) is 10.6 Å². The Morgan fingerprint density at radius 2 is 1.21 bits per heavy atom. The summed E-state index contributed by atoms with van der Waals surface area (Å²) in [6.45, 7) is 4.83. The number of alkyl halides is 6. The molecule has 0 saturated carbocycles. The number of carbonyl (C=O) groups is 2. The first-order valence-electron chi connectivity index (χ1n) is 18.5. The second-order valence-corrected chi connectivity index (χ2v) is 14.0. The number of anilines is 2. The van der Waals surface area contributed by atoms with E-state index in [-0.39, 0.29) is 75.2 Å². The van der Waals surface area contributed by atoms with Gasteiger partial charge in [0.15, 0.2) is 22.7 Å². The predicted molar refractivity (Wildman–Crippen MR) is 211 cm³/mol. The molecule has 0 aliphatic carbocycles. The maximum Gasteiger partial charge on any atom is 0.417 e. The van der Waals surface area contributed by atoms with Crippen LogP contribution in [0.3, 0.4) is 0 Å². The summed E-state index contributed by atoms with van der Waals surface area (Å²) in [5, 5.41) is 14.4. The van der Waals surface area contributed by atoms with E-state index in [0.717, 1.165) is 12.1 Å². The molecule has 2 aromatic carbocycles. The van der Waals surface area contributed by atoms with Gasteiger partial charge in [0.2, 0.25) is 0 Å². The molecule has 0 bridgehead atoms. The van der Waals surface area contributed by atoms with Crippen molar-refractivity contribution in [3.8, 4) is 22.5 Å². The normalized spacial score (nSPS) is 12.0. The molecular weight excluding hydrogens is 805 g/mol. The highest BCUT2D eigenvalue weighted by molar-refractivity contribution is 6.05. The van der Waals surface area contributed by atoms with Gasteiger partial charge in [-0.15, -0.1) is 0 Å². The fourth-order valence-corrected chi connectivity index (χ4v) is 7.03. The number of amides is 2. The van der Waals surface area contributed by atoms with Crippen LogP contribution in [0.5, 0.6) is 0 Å². The zero-order valence-corrected chi connectivity index (χ0v) is 32.3. The van der Waals surface area contributed by atoms with Crippen LogP contribution in [-0.2, 0) is 25.2 Å². The third-order valence-electron chi connectivity index (χ3n) is 9.77. The van der Waals surface area contributed by atoms with Crippen molar-refractivity contribution in [1.82, 2.24) is 44.1 Å². The average molecular weight is 836 g/mol. The van der Waals surface area contributed by atoms with Gasteiger partial charge in [-0.1, -0.05) is 36.4 Å². The lowest BCUT2D eigenvalue weighted by Crippen LogP contribution is -2.18. The van der Waals surface area contributed by atoms with Crippen LogP contribution in [0.2, 0.25) is 0 Å². The standard InChI is InChI=1S/C42H31F6N11O2/c1-22-18-32(28-8-4-6-10-30(28)41(43,44)45)56-58-35(23(2)52-37(22)58)39(60)54-27-14-17-50-26(20-27)13-12-25-19-33(29-9-5-7-11-31(29)42(46,47)48)57-59-36(24(3)53-38(25)59)40(61)55-34-15-16-49-21-51-34/h4-11,14-21H,12-13H2,1-3H3,(H,50,54,60)(H,49,51,55,61). The number of carbonyl (C=O) groups excluding carboxylic acids is 2. The predicted octanol–water partition coefficient (Wildman–Crippen LogP) is 8.54. The monoisotopic (exact) mass is 835 g/mol.